The highest BCUT2D eigenvalue weighted by atomic mass is 32.1. The van der Waals surface area contributed by atoms with Gasteiger partial charge in [0.1, 0.15) is 0 Å². The molecule has 6 heteroatoms. The largest absolute Gasteiger partial charge is 0.476 e. The second-order valence-corrected chi connectivity index (χ2v) is 5.89. The number of aromatic carboxylic acids is 1. The Bertz CT molecular complexity index is 534. The Balaban J connectivity index is 1.82. The van der Waals surface area contributed by atoms with Gasteiger partial charge in [0.25, 0.3) is 0 Å². The van der Waals surface area contributed by atoms with Gasteiger partial charge >= 0.3 is 5.97 Å². The minimum absolute atomic E-state index is 0.149. The third-order valence-corrected chi connectivity index (χ3v) is 4.51. The van der Waals surface area contributed by atoms with Crippen LogP contribution in [0.15, 0.2) is 17.5 Å². The monoisotopic (exact) mass is 282 g/mol. The van der Waals surface area contributed by atoms with Gasteiger partial charge in [-0.2, -0.15) is 0 Å². The Labute approximate surface area is 113 Å². The molecular formula is C12H14N2O2S2. The van der Waals surface area contributed by atoms with Crippen molar-refractivity contribution in [1.29, 1.82) is 0 Å². The van der Waals surface area contributed by atoms with Crippen molar-refractivity contribution in [3.05, 3.63) is 38.0 Å². The molecule has 0 aromatic carbocycles. The van der Waals surface area contributed by atoms with Crippen LogP contribution in [-0.4, -0.2) is 16.1 Å². The lowest BCUT2D eigenvalue weighted by atomic mass is 10.3. The lowest BCUT2D eigenvalue weighted by molar-refractivity contribution is 0.0696. The number of aromatic nitrogens is 1. The number of hydrogen-bond acceptors (Lipinski definition) is 5. The molecule has 2 heterocycles. The van der Waals surface area contributed by atoms with E-state index < -0.39 is 5.97 Å². The van der Waals surface area contributed by atoms with Crippen LogP contribution >= 0.6 is 22.7 Å². The third-order valence-electron chi connectivity index (χ3n) is 2.41. The van der Waals surface area contributed by atoms with Gasteiger partial charge in [-0.3, -0.25) is 0 Å². The maximum Gasteiger partial charge on any atom is 0.365 e. The molecule has 0 saturated heterocycles. The molecule has 0 amide bonds. The first-order valence-electron chi connectivity index (χ1n) is 5.65. The van der Waals surface area contributed by atoms with Crippen LogP contribution in [0.5, 0.6) is 0 Å². The number of aryl methyl sites for hydroxylation is 1. The molecule has 0 aliphatic rings. The number of carbonyl (C=O) groups is 1. The summed E-state index contributed by atoms with van der Waals surface area (Å²) in [6.45, 7) is 3.54. The molecule has 18 heavy (non-hydrogen) atoms. The summed E-state index contributed by atoms with van der Waals surface area (Å²) in [7, 11) is 0. The number of rotatable bonds is 6. The van der Waals surface area contributed by atoms with Gasteiger partial charge in [0, 0.05) is 28.2 Å². The average molecular weight is 282 g/mol. The Morgan fingerprint density at radius 3 is 2.78 bits per heavy atom. The molecule has 0 spiro atoms. The number of nitrogens with zero attached hydrogens (tertiary/aromatic N) is 1. The van der Waals surface area contributed by atoms with Gasteiger partial charge in [0.05, 0.1) is 5.69 Å². The number of nitrogens with one attached hydrogen (secondary N) is 1. The van der Waals surface area contributed by atoms with Crippen molar-refractivity contribution in [2.24, 2.45) is 0 Å². The highest BCUT2D eigenvalue weighted by molar-refractivity contribution is 7.12. The van der Waals surface area contributed by atoms with Crippen molar-refractivity contribution < 1.29 is 9.90 Å². The summed E-state index contributed by atoms with van der Waals surface area (Å²) in [6, 6.07) is 4.27. The normalized spacial score (nSPS) is 10.7. The van der Waals surface area contributed by atoms with E-state index in [4.69, 9.17) is 5.11 Å². The average Bonchev–Trinajstić information content (AvgIpc) is 2.97. The molecule has 0 fully saturated rings. The van der Waals surface area contributed by atoms with Crippen molar-refractivity contribution in [2.45, 2.75) is 26.4 Å². The number of carboxylic acids is 1. The van der Waals surface area contributed by atoms with Gasteiger partial charge in [-0.1, -0.05) is 6.92 Å². The number of thiazole rings is 1. The van der Waals surface area contributed by atoms with Crippen LogP contribution in [0, 0.1) is 0 Å². The highest BCUT2D eigenvalue weighted by Gasteiger charge is 2.08. The molecule has 0 atom stereocenters. The molecule has 4 nitrogen and oxygen atoms in total. The smallest absolute Gasteiger partial charge is 0.365 e. The highest BCUT2D eigenvalue weighted by Crippen LogP contribution is 2.16. The number of thiophene rings is 1. The predicted molar refractivity (Wildman–Crippen MR) is 73.3 cm³/mol. The Hall–Kier alpha value is -1.24. The summed E-state index contributed by atoms with van der Waals surface area (Å²) in [5, 5.41) is 14.0. The molecule has 2 N–H and O–H groups in total. The second-order valence-electron chi connectivity index (χ2n) is 3.77. The lowest BCUT2D eigenvalue weighted by Crippen LogP contribution is -2.12. The number of carboxylic acid groups (broad SMARTS) is 1. The van der Waals surface area contributed by atoms with Crippen LogP contribution in [0.2, 0.25) is 0 Å². The van der Waals surface area contributed by atoms with Crippen LogP contribution in [0.25, 0.3) is 0 Å². The zero-order chi connectivity index (χ0) is 13.0. The maximum absolute atomic E-state index is 10.7. The molecule has 2 rings (SSSR count). The van der Waals surface area contributed by atoms with E-state index in [0.717, 1.165) is 30.0 Å². The second kappa shape index (κ2) is 6.08. The van der Waals surface area contributed by atoms with E-state index >= 15 is 0 Å². The van der Waals surface area contributed by atoms with Crippen molar-refractivity contribution in [3.63, 3.8) is 0 Å². The Morgan fingerprint density at radius 2 is 2.17 bits per heavy atom. The van der Waals surface area contributed by atoms with E-state index in [2.05, 4.69) is 29.4 Å². The molecule has 0 aliphatic carbocycles. The van der Waals surface area contributed by atoms with Gasteiger partial charge < -0.3 is 10.4 Å². The molecule has 2 aromatic rings. The van der Waals surface area contributed by atoms with Gasteiger partial charge in [-0.05, 0) is 18.6 Å². The van der Waals surface area contributed by atoms with Crippen molar-refractivity contribution >= 4 is 28.6 Å². The molecule has 2 aromatic heterocycles. The van der Waals surface area contributed by atoms with E-state index in [1.54, 1.807) is 16.7 Å². The van der Waals surface area contributed by atoms with Crippen LogP contribution in [-0.2, 0) is 19.5 Å². The molecule has 0 aliphatic heterocycles. The molecule has 96 valence electrons. The topological polar surface area (TPSA) is 62.2 Å². The molecule has 0 saturated carbocycles. The van der Waals surface area contributed by atoms with Gasteiger partial charge in [0.15, 0.2) is 0 Å². The first-order valence-corrected chi connectivity index (χ1v) is 7.34. The Morgan fingerprint density at radius 1 is 1.39 bits per heavy atom. The fourth-order valence-corrected chi connectivity index (χ4v) is 3.09. The zero-order valence-corrected chi connectivity index (χ0v) is 11.6. The predicted octanol–water partition coefficient (Wildman–Crippen LogP) is 2.76. The standard InChI is InChI=1S/C12H14N2O2S2/c1-2-9-3-4-10(18-9)6-13-5-8-7-17-11(14-8)12(15)16/h3-4,7,13H,2,5-6H2,1H3,(H,15,16). The summed E-state index contributed by atoms with van der Waals surface area (Å²) in [5.41, 5.74) is 0.782. The summed E-state index contributed by atoms with van der Waals surface area (Å²) in [4.78, 5) is 17.4. The van der Waals surface area contributed by atoms with E-state index in [1.807, 2.05) is 0 Å². The lowest BCUT2D eigenvalue weighted by Gasteiger charge is -1.99. The van der Waals surface area contributed by atoms with Gasteiger partial charge in [0.2, 0.25) is 5.01 Å². The van der Waals surface area contributed by atoms with Gasteiger partial charge in [-0.15, -0.1) is 22.7 Å². The first kappa shape index (κ1) is 13.2. The SMILES string of the molecule is CCc1ccc(CNCc2csc(C(=O)O)n2)s1. The van der Waals surface area contributed by atoms with Crippen LogP contribution < -0.4 is 5.32 Å². The quantitative estimate of drug-likeness (QED) is 0.855. The molecule has 0 unspecified atom stereocenters. The summed E-state index contributed by atoms with van der Waals surface area (Å²) in [6.07, 6.45) is 1.07. The third kappa shape index (κ3) is 3.38. The van der Waals surface area contributed by atoms with E-state index in [0.29, 0.717) is 6.54 Å². The fourth-order valence-electron chi connectivity index (χ4n) is 1.51. The summed E-state index contributed by atoms with van der Waals surface area (Å²) in [5.74, 6) is -0.961. The molecule has 0 bridgehead atoms. The Kier molecular flexibility index (Phi) is 4.46. The minimum Gasteiger partial charge on any atom is -0.476 e. The zero-order valence-electron chi connectivity index (χ0n) is 9.97. The van der Waals surface area contributed by atoms with Crippen molar-refractivity contribution in [2.75, 3.05) is 0 Å². The van der Waals surface area contributed by atoms with Crippen molar-refractivity contribution in [3.8, 4) is 0 Å². The van der Waals surface area contributed by atoms with E-state index in [-0.39, 0.29) is 5.01 Å². The summed E-state index contributed by atoms with van der Waals surface area (Å²) < 4.78 is 0. The van der Waals surface area contributed by atoms with Crippen LogP contribution in [0.3, 0.4) is 0 Å². The first-order chi connectivity index (χ1) is 8.69. The summed E-state index contributed by atoms with van der Waals surface area (Å²) >= 11 is 2.97. The van der Waals surface area contributed by atoms with E-state index in [9.17, 15) is 4.79 Å². The van der Waals surface area contributed by atoms with Crippen LogP contribution in [0.1, 0.15) is 32.2 Å². The van der Waals surface area contributed by atoms with Crippen LogP contribution in [0.4, 0.5) is 0 Å². The maximum atomic E-state index is 10.7. The molecular weight excluding hydrogens is 268 g/mol. The fraction of sp³-hybridized carbons (Fsp3) is 0.333. The van der Waals surface area contributed by atoms with Gasteiger partial charge in [-0.25, -0.2) is 9.78 Å². The van der Waals surface area contributed by atoms with Crippen molar-refractivity contribution in [1.82, 2.24) is 10.3 Å². The van der Waals surface area contributed by atoms with E-state index in [1.165, 1.54) is 9.75 Å². The molecule has 0 radical (unpaired) electrons. The minimum atomic E-state index is -0.961. The number of hydrogen-bond donors (Lipinski definition) is 2.